The first-order valence-electron chi connectivity index (χ1n) is 8.09. The number of nitrogens with one attached hydrogen (secondary N) is 2. The maximum Gasteiger partial charge on any atom is 0.401 e. The number of nitrogens with zero attached hydrogens (tertiary/aromatic N) is 4. The van der Waals surface area contributed by atoms with Gasteiger partial charge in [-0.15, -0.1) is 24.0 Å². The highest BCUT2D eigenvalue weighted by Crippen LogP contribution is 2.19. The summed E-state index contributed by atoms with van der Waals surface area (Å²) in [5.41, 5.74) is 0. The minimum atomic E-state index is -4.14. The summed E-state index contributed by atoms with van der Waals surface area (Å²) in [6.45, 7) is 3.58. The van der Waals surface area contributed by atoms with E-state index < -0.39 is 12.7 Å². The summed E-state index contributed by atoms with van der Waals surface area (Å²) in [7, 11) is 1.66. The highest BCUT2D eigenvalue weighted by molar-refractivity contribution is 14.0. The van der Waals surface area contributed by atoms with Crippen molar-refractivity contribution in [2.45, 2.75) is 32.1 Å². The van der Waals surface area contributed by atoms with Crippen LogP contribution in [0.2, 0.25) is 0 Å². The van der Waals surface area contributed by atoms with Gasteiger partial charge in [0.15, 0.2) is 5.96 Å². The molecule has 1 aliphatic heterocycles. The van der Waals surface area contributed by atoms with Crippen LogP contribution in [0.5, 0.6) is 0 Å². The smallest absolute Gasteiger partial charge is 0.356 e. The van der Waals surface area contributed by atoms with Crippen LogP contribution in [0.3, 0.4) is 0 Å². The van der Waals surface area contributed by atoms with Crippen LogP contribution >= 0.6 is 24.0 Å². The van der Waals surface area contributed by atoms with Gasteiger partial charge in [0.25, 0.3) is 0 Å². The van der Waals surface area contributed by atoms with Crippen LogP contribution in [-0.2, 0) is 6.54 Å². The first-order chi connectivity index (χ1) is 11.4. The molecule has 1 aromatic heterocycles. The van der Waals surface area contributed by atoms with E-state index in [0.29, 0.717) is 37.9 Å². The van der Waals surface area contributed by atoms with E-state index in [2.05, 4.69) is 27.6 Å². The van der Waals surface area contributed by atoms with Crippen LogP contribution in [0.4, 0.5) is 13.2 Å². The number of hydrogen-bond acceptors (Lipinski definition) is 3. The van der Waals surface area contributed by atoms with Crippen molar-refractivity contribution in [1.82, 2.24) is 25.3 Å². The van der Waals surface area contributed by atoms with Crippen LogP contribution in [0.15, 0.2) is 23.5 Å². The molecule has 0 saturated carbocycles. The maximum atomic E-state index is 12.4. The predicted molar refractivity (Wildman–Crippen MR) is 102 cm³/mol. The minimum Gasteiger partial charge on any atom is -0.356 e. The number of aromatic nitrogens is 2. The SMILES string of the molecule is CN=C(NCC(C)Cn1cccn1)NC1CCN(CC(F)(F)F)C1.I. The molecule has 0 aliphatic carbocycles. The van der Waals surface area contributed by atoms with Gasteiger partial charge in [-0.25, -0.2) is 0 Å². The normalized spacial score (nSPS) is 20.2. The van der Waals surface area contributed by atoms with Crippen LogP contribution in [0.1, 0.15) is 13.3 Å². The highest BCUT2D eigenvalue weighted by Gasteiger charge is 2.34. The Bertz CT molecular complexity index is 520. The largest absolute Gasteiger partial charge is 0.401 e. The molecule has 2 unspecified atom stereocenters. The summed E-state index contributed by atoms with van der Waals surface area (Å²) >= 11 is 0. The molecule has 0 radical (unpaired) electrons. The lowest BCUT2D eigenvalue weighted by Gasteiger charge is -2.21. The monoisotopic (exact) mass is 474 g/mol. The van der Waals surface area contributed by atoms with Gasteiger partial charge < -0.3 is 10.6 Å². The standard InChI is InChI=1S/C15H25F3N6.HI/c1-12(9-24-6-3-5-21-24)8-20-14(19-2)22-13-4-7-23(10-13)11-15(16,17)18;/h3,5-6,12-13H,4,7-11H2,1-2H3,(H2,19,20,22);1H. The number of likely N-dealkylation sites (tertiary alicyclic amines) is 1. The van der Waals surface area contributed by atoms with Crippen molar-refractivity contribution in [1.29, 1.82) is 0 Å². The Morgan fingerprint density at radius 1 is 1.44 bits per heavy atom. The third kappa shape index (κ3) is 8.25. The molecule has 10 heteroatoms. The van der Waals surface area contributed by atoms with Crippen molar-refractivity contribution < 1.29 is 13.2 Å². The fraction of sp³-hybridized carbons (Fsp3) is 0.733. The lowest BCUT2D eigenvalue weighted by atomic mass is 10.2. The van der Waals surface area contributed by atoms with Crippen molar-refractivity contribution in [3.63, 3.8) is 0 Å². The Labute approximate surface area is 163 Å². The molecule has 25 heavy (non-hydrogen) atoms. The summed E-state index contributed by atoms with van der Waals surface area (Å²) in [5, 5.41) is 10.6. The molecule has 6 nitrogen and oxygen atoms in total. The maximum absolute atomic E-state index is 12.4. The van der Waals surface area contributed by atoms with Crippen molar-refractivity contribution in [3.05, 3.63) is 18.5 Å². The third-order valence-electron chi connectivity index (χ3n) is 3.92. The summed E-state index contributed by atoms with van der Waals surface area (Å²) in [4.78, 5) is 5.57. The molecule has 1 aromatic rings. The lowest BCUT2D eigenvalue weighted by Crippen LogP contribution is -2.46. The molecule has 2 heterocycles. The Kier molecular flexibility index (Phi) is 8.97. The van der Waals surface area contributed by atoms with Gasteiger partial charge in [0, 0.05) is 51.7 Å². The summed E-state index contributed by atoms with van der Waals surface area (Å²) in [6, 6.07) is 1.87. The van der Waals surface area contributed by atoms with E-state index in [9.17, 15) is 13.2 Å². The predicted octanol–water partition coefficient (Wildman–Crippen LogP) is 1.94. The van der Waals surface area contributed by atoms with Crippen molar-refractivity contribution in [3.8, 4) is 0 Å². The zero-order valence-corrected chi connectivity index (χ0v) is 16.8. The molecule has 144 valence electrons. The van der Waals surface area contributed by atoms with Gasteiger partial charge in [0.05, 0.1) is 6.54 Å². The van der Waals surface area contributed by atoms with E-state index in [4.69, 9.17) is 0 Å². The molecule has 0 bridgehead atoms. The van der Waals surface area contributed by atoms with Gasteiger partial charge in [-0.3, -0.25) is 14.6 Å². The fourth-order valence-corrected chi connectivity index (χ4v) is 2.80. The van der Waals surface area contributed by atoms with Gasteiger partial charge in [0.2, 0.25) is 0 Å². The molecule has 1 saturated heterocycles. The Morgan fingerprint density at radius 3 is 2.80 bits per heavy atom. The Morgan fingerprint density at radius 2 is 2.20 bits per heavy atom. The Hall–Kier alpha value is -1.04. The van der Waals surface area contributed by atoms with Gasteiger partial charge >= 0.3 is 6.18 Å². The number of halogens is 4. The minimum absolute atomic E-state index is 0. The second-order valence-corrected chi connectivity index (χ2v) is 6.27. The molecular weight excluding hydrogens is 448 g/mol. The van der Waals surface area contributed by atoms with Gasteiger partial charge in [-0.1, -0.05) is 6.92 Å². The van der Waals surface area contributed by atoms with Crippen molar-refractivity contribution >= 4 is 29.9 Å². The van der Waals surface area contributed by atoms with Crippen LogP contribution in [-0.4, -0.2) is 66.1 Å². The third-order valence-corrected chi connectivity index (χ3v) is 3.92. The first-order valence-corrected chi connectivity index (χ1v) is 8.09. The highest BCUT2D eigenvalue weighted by atomic mass is 127. The lowest BCUT2D eigenvalue weighted by molar-refractivity contribution is -0.143. The topological polar surface area (TPSA) is 57.5 Å². The molecule has 2 N–H and O–H groups in total. The quantitative estimate of drug-likeness (QED) is 0.376. The average Bonchev–Trinajstić information content (AvgIpc) is 3.13. The first kappa shape index (κ1) is 22.0. The molecule has 1 fully saturated rings. The second-order valence-electron chi connectivity index (χ2n) is 6.27. The van der Waals surface area contributed by atoms with E-state index in [0.717, 1.165) is 6.54 Å². The van der Waals surface area contributed by atoms with Gasteiger partial charge in [0.1, 0.15) is 0 Å². The molecule has 0 aromatic carbocycles. The molecular formula is C15H26F3IN6. The van der Waals surface area contributed by atoms with E-state index >= 15 is 0 Å². The number of aliphatic imine (C=N–C) groups is 1. The van der Waals surface area contributed by atoms with Gasteiger partial charge in [-0.2, -0.15) is 18.3 Å². The van der Waals surface area contributed by atoms with E-state index in [-0.39, 0.29) is 30.0 Å². The summed E-state index contributed by atoms with van der Waals surface area (Å²) < 4.78 is 39.1. The molecule has 0 amide bonds. The molecule has 0 spiro atoms. The summed E-state index contributed by atoms with van der Waals surface area (Å²) in [6.07, 6.45) is 0.196. The van der Waals surface area contributed by atoms with Gasteiger partial charge in [-0.05, 0) is 18.4 Å². The second kappa shape index (κ2) is 10.2. The number of alkyl halides is 3. The summed E-state index contributed by atoms with van der Waals surface area (Å²) in [5.74, 6) is 0.968. The number of guanidine groups is 1. The molecule has 2 rings (SSSR count). The zero-order chi connectivity index (χ0) is 17.6. The van der Waals surface area contributed by atoms with E-state index in [1.165, 1.54) is 4.90 Å². The van der Waals surface area contributed by atoms with E-state index in [1.54, 1.807) is 13.2 Å². The number of hydrogen-bond donors (Lipinski definition) is 2. The van der Waals surface area contributed by atoms with Crippen LogP contribution in [0, 0.1) is 5.92 Å². The van der Waals surface area contributed by atoms with Crippen molar-refractivity contribution in [2.24, 2.45) is 10.9 Å². The van der Waals surface area contributed by atoms with E-state index in [1.807, 2.05) is 16.9 Å². The fourth-order valence-electron chi connectivity index (χ4n) is 2.80. The molecule has 1 aliphatic rings. The van der Waals surface area contributed by atoms with Crippen LogP contribution < -0.4 is 10.6 Å². The molecule has 2 atom stereocenters. The zero-order valence-electron chi connectivity index (χ0n) is 14.5. The Balaban J connectivity index is 0.00000312. The van der Waals surface area contributed by atoms with Crippen molar-refractivity contribution in [2.75, 3.05) is 33.2 Å². The average molecular weight is 474 g/mol. The van der Waals surface area contributed by atoms with Crippen LogP contribution in [0.25, 0.3) is 0 Å². The number of rotatable bonds is 6.